The molecule has 2 N–H and O–H groups in total. The van der Waals surface area contributed by atoms with Crippen molar-refractivity contribution >= 4 is 11.3 Å². The Hall–Kier alpha value is -1.19. The van der Waals surface area contributed by atoms with E-state index < -0.39 is 0 Å². The van der Waals surface area contributed by atoms with E-state index in [-0.39, 0.29) is 5.54 Å². The molecule has 0 amide bonds. The summed E-state index contributed by atoms with van der Waals surface area (Å²) in [7, 11) is 0. The zero-order chi connectivity index (χ0) is 11.4. The lowest BCUT2D eigenvalue weighted by Crippen LogP contribution is -2.38. The molecular weight excluding hydrogens is 216 g/mol. The predicted molar refractivity (Wildman–Crippen MR) is 68.4 cm³/mol. The third-order valence-electron chi connectivity index (χ3n) is 2.96. The average Bonchev–Trinajstić information content (AvgIpc) is 2.83. The van der Waals surface area contributed by atoms with Crippen LogP contribution in [0.1, 0.15) is 24.6 Å². The Morgan fingerprint density at radius 1 is 1.31 bits per heavy atom. The van der Waals surface area contributed by atoms with Gasteiger partial charge in [0, 0.05) is 17.3 Å². The number of hydrogen-bond donors (Lipinski definition) is 1. The number of benzene rings is 1. The van der Waals surface area contributed by atoms with Crippen molar-refractivity contribution in [2.24, 2.45) is 5.73 Å². The molecule has 1 heterocycles. The van der Waals surface area contributed by atoms with Crippen molar-refractivity contribution in [1.82, 2.24) is 4.98 Å². The van der Waals surface area contributed by atoms with Gasteiger partial charge in [0.1, 0.15) is 0 Å². The number of nitrogens with two attached hydrogens (primary N) is 1. The van der Waals surface area contributed by atoms with Gasteiger partial charge in [-0.1, -0.05) is 37.3 Å². The van der Waals surface area contributed by atoms with Gasteiger partial charge < -0.3 is 5.73 Å². The van der Waals surface area contributed by atoms with E-state index in [2.05, 4.69) is 29.4 Å². The summed E-state index contributed by atoms with van der Waals surface area (Å²) in [5, 5.41) is 2.07. The molecule has 0 aliphatic heterocycles. The predicted octanol–water partition coefficient (Wildman–Crippen LogP) is 2.95. The SMILES string of the molecule is CCC(N)(Cc1cscn1)c1ccccc1. The van der Waals surface area contributed by atoms with Gasteiger partial charge in [-0.05, 0) is 12.0 Å². The van der Waals surface area contributed by atoms with Crippen molar-refractivity contribution in [2.75, 3.05) is 0 Å². The first-order valence-electron chi connectivity index (χ1n) is 5.46. The summed E-state index contributed by atoms with van der Waals surface area (Å²) in [6, 6.07) is 10.3. The number of hydrogen-bond acceptors (Lipinski definition) is 3. The number of aromatic nitrogens is 1. The van der Waals surface area contributed by atoms with Gasteiger partial charge in [0.05, 0.1) is 11.2 Å². The van der Waals surface area contributed by atoms with E-state index in [0.717, 1.165) is 18.5 Å². The second-order valence-electron chi connectivity index (χ2n) is 4.03. The summed E-state index contributed by atoms with van der Waals surface area (Å²) in [5.74, 6) is 0. The first-order chi connectivity index (χ1) is 7.74. The number of rotatable bonds is 4. The molecular formula is C13H16N2S. The third-order valence-corrected chi connectivity index (χ3v) is 3.59. The van der Waals surface area contributed by atoms with E-state index in [9.17, 15) is 0 Å². The third kappa shape index (κ3) is 2.31. The van der Waals surface area contributed by atoms with Gasteiger partial charge in [-0.15, -0.1) is 11.3 Å². The van der Waals surface area contributed by atoms with Crippen molar-refractivity contribution in [3.8, 4) is 0 Å². The van der Waals surface area contributed by atoms with E-state index in [0.29, 0.717) is 0 Å². The molecule has 1 aromatic heterocycles. The van der Waals surface area contributed by atoms with E-state index in [4.69, 9.17) is 5.73 Å². The monoisotopic (exact) mass is 232 g/mol. The molecule has 16 heavy (non-hydrogen) atoms. The zero-order valence-corrected chi connectivity index (χ0v) is 10.2. The van der Waals surface area contributed by atoms with Gasteiger partial charge >= 0.3 is 0 Å². The fourth-order valence-corrected chi connectivity index (χ4v) is 2.41. The summed E-state index contributed by atoms with van der Waals surface area (Å²) in [6.45, 7) is 2.12. The first-order valence-corrected chi connectivity index (χ1v) is 6.40. The second kappa shape index (κ2) is 4.76. The molecule has 0 aliphatic rings. The lowest BCUT2D eigenvalue weighted by Gasteiger charge is -2.28. The molecule has 0 saturated carbocycles. The van der Waals surface area contributed by atoms with Gasteiger partial charge in [0.15, 0.2) is 0 Å². The topological polar surface area (TPSA) is 38.9 Å². The van der Waals surface area contributed by atoms with Crippen LogP contribution in [0.3, 0.4) is 0 Å². The van der Waals surface area contributed by atoms with Gasteiger partial charge in [0.2, 0.25) is 0 Å². The lowest BCUT2D eigenvalue weighted by molar-refractivity contribution is 0.421. The van der Waals surface area contributed by atoms with Crippen LogP contribution in [-0.2, 0) is 12.0 Å². The van der Waals surface area contributed by atoms with Crippen LogP contribution in [0, 0.1) is 0 Å². The molecule has 84 valence electrons. The Morgan fingerprint density at radius 2 is 2.06 bits per heavy atom. The standard InChI is InChI=1S/C13H16N2S/c1-2-13(14,8-12-9-16-10-15-12)11-6-4-3-5-7-11/h3-7,9-10H,2,8,14H2,1H3. The van der Waals surface area contributed by atoms with E-state index in [1.165, 1.54) is 5.56 Å². The van der Waals surface area contributed by atoms with Crippen LogP contribution in [0.4, 0.5) is 0 Å². The van der Waals surface area contributed by atoms with Crippen molar-refractivity contribution in [2.45, 2.75) is 25.3 Å². The molecule has 1 unspecified atom stereocenters. The molecule has 0 fully saturated rings. The molecule has 2 nitrogen and oxygen atoms in total. The number of nitrogens with zero attached hydrogens (tertiary/aromatic N) is 1. The molecule has 1 aromatic carbocycles. The molecule has 0 bridgehead atoms. The highest BCUT2D eigenvalue weighted by Gasteiger charge is 2.25. The largest absolute Gasteiger partial charge is 0.321 e. The molecule has 0 spiro atoms. The summed E-state index contributed by atoms with van der Waals surface area (Å²) in [5.41, 5.74) is 10.3. The highest BCUT2D eigenvalue weighted by atomic mass is 32.1. The maximum atomic E-state index is 6.47. The summed E-state index contributed by atoms with van der Waals surface area (Å²) in [6.07, 6.45) is 1.71. The lowest BCUT2D eigenvalue weighted by atomic mass is 9.84. The Morgan fingerprint density at radius 3 is 2.62 bits per heavy atom. The molecule has 2 aromatic rings. The van der Waals surface area contributed by atoms with Crippen LogP contribution >= 0.6 is 11.3 Å². The molecule has 0 aliphatic carbocycles. The number of thiazole rings is 1. The second-order valence-corrected chi connectivity index (χ2v) is 4.75. The van der Waals surface area contributed by atoms with Crippen LogP contribution in [0.5, 0.6) is 0 Å². The molecule has 0 saturated heterocycles. The Bertz CT molecular complexity index is 424. The Labute approximate surface area is 100 Å². The summed E-state index contributed by atoms with van der Waals surface area (Å²) >= 11 is 1.62. The van der Waals surface area contributed by atoms with Gasteiger partial charge in [-0.2, -0.15) is 0 Å². The van der Waals surface area contributed by atoms with Crippen LogP contribution in [0.15, 0.2) is 41.2 Å². The Balaban J connectivity index is 2.26. The average molecular weight is 232 g/mol. The van der Waals surface area contributed by atoms with E-state index in [1.807, 2.05) is 23.7 Å². The molecule has 1 atom stereocenters. The van der Waals surface area contributed by atoms with Crippen LogP contribution in [0.2, 0.25) is 0 Å². The Kier molecular flexibility index (Phi) is 3.36. The zero-order valence-electron chi connectivity index (χ0n) is 9.39. The quantitative estimate of drug-likeness (QED) is 0.880. The highest BCUT2D eigenvalue weighted by molar-refractivity contribution is 7.07. The van der Waals surface area contributed by atoms with Crippen molar-refractivity contribution in [3.63, 3.8) is 0 Å². The minimum atomic E-state index is -0.296. The van der Waals surface area contributed by atoms with Crippen molar-refractivity contribution < 1.29 is 0 Å². The van der Waals surface area contributed by atoms with Gasteiger partial charge in [-0.25, -0.2) is 4.98 Å². The van der Waals surface area contributed by atoms with Crippen LogP contribution < -0.4 is 5.73 Å². The fraction of sp³-hybridized carbons (Fsp3) is 0.308. The smallest absolute Gasteiger partial charge is 0.0794 e. The van der Waals surface area contributed by atoms with Gasteiger partial charge in [-0.3, -0.25) is 0 Å². The normalized spacial score (nSPS) is 14.6. The molecule has 3 heteroatoms. The van der Waals surface area contributed by atoms with E-state index in [1.54, 1.807) is 11.3 Å². The minimum Gasteiger partial charge on any atom is -0.321 e. The fourth-order valence-electron chi connectivity index (χ4n) is 1.85. The molecule has 0 radical (unpaired) electrons. The first kappa shape index (κ1) is 11.3. The van der Waals surface area contributed by atoms with Gasteiger partial charge in [0.25, 0.3) is 0 Å². The molecule has 2 rings (SSSR count). The maximum absolute atomic E-state index is 6.47. The van der Waals surface area contributed by atoms with Crippen LogP contribution in [-0.4, -0.2) is 4.98 Å². The van der Waals surface area contributed by atoms with Crippen molar-refractivity contribution in [1.29, 1.82) is 0 Å². The van der Waals surface area contributed by atoms with Crippen molar-refractivity contribution in [3.05, 3.63) is 52.5 Å². The minimum absolute atomic E-state index is 0.296. The van der Waals surface area contributed by atoms with E-state index >= 15 is 0 Å². The summed E-state index contributed by atoms with van der Waals surface area (Å²) < 4.78 is 0. The maximum Gasteiger partial charge on any atom is 0.0794 e. The summed E-state index contributed by atoms with van der Waals surface area (Å²) in [4.78, 5) is 4.31. The highest BCUT2D eigenvalue weighted by Crippen LogP contribution is 2.26. The van der Waals surface area contributed by atoms with Crippen LogP contribution in [0.25, 0.3) is 0 Å².